The summed E-state index contributed by atoms with van der Waals surface area (Å²) in [7, 11) is -2.81. The highest BCUT2D eigenvalue weighted by atomic mass is 32.2. The third-order valence-corrected chi connectivity index (χ3v) is 5.63. The van der Waals surface area contributed by atoms with Crippen molar-refractivity contribution < 1.29 is 8.42 Å². The second-order valence-electron chi connectivity index (χ2n) is 7.40. The Morgan fingerprint density at radius 1 is 1.25 bits per heavy atom. The molecule has 1 N–H and O–H groups in total. The van der Waals surface area contributed by atoms with Gasteiger partial charge in [0.25, 0.3) is 0 Å². The Kier molecular flexibility index (Phi) is 6.99. The van der Waals surface area contributed by atoms with Gasteiger partial charge in [0.2, 0.25) is 0 Å². The van der Waals surface area contributed by atoms with Crippen LogP contribution in [0.1, 0.15) is 59.3 Å². The van der Waals surface area contributed by atoms with Gasteiger partial charge in [0.15, 0.2) is 0 Å². The van der Waals surface area contributed by atoms with Crippen molar-refractivity contribution in [2.24, 2.45) is 17.3 Å². The van der Waals surface area contributed by atoms with Crippen LogP contribution >= 0.6 is 0 Å². The molecule has 1 aliphatic rings. The molecule has 0 aromatic carbocycles. The highest BCUT2D eigenvalue weighted by Gasteiger charge is 2.34. The quantitative estimate of drug-likeness (QED) is 0.700. The molecule has 1 fully saturated rings. The lowest BCUT2D eigenvalue weighted by atomic mass is 9.66. The number of hydrogen-bond donors (Lipinski definition) is 1. The van der Waals surface area contributed by atoms with E-state index >= 15 is 0 Å². The molecule has 0 aliphatic heterocycles. The fourth-order valence-electron chi connectivity index (χ4n) is 3.47. The number of sulfone groups is 1. The van der Waals surface area contributed by atoms with Gasteiger partial charge in [-0.1, -0.05) is 20.8 Å². The first-order valence-corrected chi connectivity index (χ1v) is 10.2. The van der Waals surface area contributed by atoms with Crippen molar-refractivity contribution in [2.45, 2.75) is 59.3 Å². The van der Waals surface area contributed by atoms with E-state index in [0.29, 0.717) is 17.1 Å². The van der Waals surface area contributed by atoms with Gasteiger partial charge in [-0.3, -0.25) is 0 Å². The molecule has 2 unspecified atom stereocenters. The maximum atomic E-state index is 11.3. The van der Waals surface area contributed by atoms with E-state index in [0.717, 1.165) is 31.8 Å². The summed E-state index contributed by atoms with van der Waals surface area (Å²) in [6.45, 7) is 9.10. The summed E-state index contributed by atoms with van der Waals surface area (Å²) in [4.78, 5) is 0. The van der Waals surface area contributed by atoms with E-state index in [9.17, 15) is 8.42 Å². The molecule has 0 aromatic heterocycles. The van der Waals surface area contributed by atoms with Crippen LogP contribution in [-0.2, 0) is 9.84 Å². The van der Waals surface area contributed by atoms with Crippen molar-refractivity contribution in [3.63, 3.8) is 0 Å². The molecule has 0 heterocycles. The van der Waals surface area contributed by atoms with Gasteiger partial charge >= 0.3 is 0 Å². The lowest BCUT2D eigenvalue weighted by Crippen LogP contribution is -2.36. The van der Waals surface area contributed by atoms with Crippen molar-refractivity contribution in [1.29, 1.82) is 0 Å². The average molecular weight is 304 g/mol. The van der Waals surface area contributed by atoms with Crippen LogP contribution in [0.25, 0.3) is 0 Å². The van der Waals surface area contributed by atoms with E-state index < -0.39 is 9.84 Å². The molecule has 2 atom stereocenters. The summed E-state index contributed by atoms with van der Waals surface area (Å²) in [6.07, 6.45) is 8.24. The minimum absolute atomic E-state index is 0.346. The van der Waals surface area contributed by atoms with Gasteiger partial charge in [0, 0.05) is 12.0 Å². The number of hydrogen-bond acceptors (Lipinski definition) is 3. The number of rotatable bonds is 8. The van der Waals surface area contributed by atoms with Crippen molar-refractivity contribution in [1.82, 2.24) is 5.32 Å². The van der Waals surface area contributed by atoms with Crippen LogP contribution in [0, 0.1) is 17.3 Å². The first-order valence-electron chi connectivity index (χ1n) is 8.12. The van der Waals surface area contributed by atoms with Gasteiger partial charge in [-0.05, 0) is 68.9 Å². The normalized spacial score (nSPS) is 26.6. The Balaban J connectivity index is 2.49. The maximum Gasteiger partial charge on any atom is 0.147 e. The molecular formula is C16H33NO2S. The molecule has 0 spiro atoms. The minimum Gasteiger partial charge on any atom is -0.316 e. The lowest BCUT2D eigenvalue weighted by Gasteiger charge is -2.41. The molecule has 1 saturated carbocycles. The van der Waals surface area contributed by atoms with Gasteiger partial charge in [-0.15, -0.1) is 0 Å². The molecule has 20 heavy (non-hydrogen) atoms. The minimum atomic E-state index is -2.81. The molecule has 3 nitrogen and oxygen atoms in total. The van der Waals surface area contributed by atoms with Gasteiger partial charge in [-0.2, -0.15) is 0 Å². The second kappa shape index (κ2) is 7.79. The first kappa shape index (κ1) is 18.0. The van der Waals surface area contributed by atoms with Gasteiger partial charge < -0.3 is 5.32 Å². The van der Waals surface area contributed by atoms with Gasteiger partial charge in [0.05, 0.1) is 0 Å². The molecule has 120 valence electrons. The molecular weight excluding hydrogens is 270 g/mol. The summed E-state index contributed by atoms with van der Waals surface area (Å²) in [5.41, 5.74) is 0.428. The van der Waals surface area contributed by atoms with Gasteiger partial charge in [0.1, 0.15) is 9.84 Å². The van der Waals surface area contributed by atoms with E-state index in [1.807, 2.05) is 0 Å². The monoisotopic (exact) mass is 303 g/mol. The largest absolute Gasteiger partial charge is 0.316 e. The Morgan fingerprint density at radius 3 is 2.55 bits per heavy atom. The zero-order valence-corrected chi connectivity index (χ0v) is 14.6. The summed E-state index contributed by atoms with van der Waals surface area (Å²) in [5.74, 6) is 1.76. The summed E-state index contributed by atoms with van der Waals surface area (Å²) in [5, 5.41) is 3.55. The standard InChI is InChI=1S/C16H33NO2S/c1-5-10-17-13-15-8-9-16(2,3)12-14(15)7-6-11-20(4,18)19/h14-15,17H,5-13H2,1-4H3. The molecule has 1 aliphatic carbocycles. The van der Waals surface area contributed by atoms with Crippen molar-refractivity contribution in [2.75, 3.05) is 25.1 Å². The van der Waals surface area contributed by atoms with E-state index in [1.165, 1.54) is 31.9 Å². The molecule has 0 amide bonds. The third kappa shape index (κ3) is 7.07. The molecule has 0 radical (unpaired) electrons. The van der Waals surface area contributed by atoms with E-state index in [-0.39, 0.29) is 0 Å². The average Bonchev–Trinajstić information content (AvgIpc) is 2.30. The van der Waals surface area contributed by atoms with E-state index in [4.69, 9.17) is 0 Å². The highest BCUT2D eigenvalue weighted by Crippen LogP contribution is 2.43. The zero-order valence-electron chi connectivity index (χ0n) is 13.7. The molecule has 0 saturated heterocycles. The van der Waals surface area contributed by atoms with E-state index in [2.05, 4.69) is 26.1 Å². The molecule has 4 heteroatoms. The fourth-order valence-corrected chi connectivity index (χ4v) is 4.16. The summed E-state index contributed by atoms with van der Waals surface area (Å²) in [6, 6.07) is 0. The van der Waals surface area contributed by atoms with Crippen LogP contribution in [-0.4, -0.2) is 33.5 Å². The maximum absolute atomic E-state index is 11.3. The predicted octanol–water partition coefficient (Wildman–Crippen LogP) is 3.25. The van der Waals surface area contributed by atoms with Crippen LogP contribution < -0.4 is 5.32 Å². The third-order valence-electron chi connectivity index (χ3n) is 4.60. The van der Waals surface area contributed by atoms with Crippen molar-refractivity contribution >= 4 is 9.84 Å². The molecule has 0 bridgehead atoms. The van der Waals surface area contributed by atoms with Crippen molar-refractivity contribution in [3.05, 3.63) is 0 Å². The fraction of sp³-hybridized carbons (Fsp3) is 1.00. The summed E-state index contributed by atoms with van der Waals surface area (Å²) >= 11 is 0. The Labute approximate surface area is 125 Å². The predicted molar refractivity (Wildman–Crippen MR) is 86.7 cm³/mol. The Hall–Kier alpha value is -0.0900. The summed E-state index contributed by atoms with van der Waals surface area (Å²) < 4.78 is 22.6. The van der Waals surface area contributed by atoms with Crippen LogP contribution in [0.3, 0.4) is 0 Å². The van der Waals surface area contributed by atoms with Gasteiger partial charge in [-0.25, -0.2) is 8.42 Å². The molecule has 0 aromatic rings. The van der Waals surface area contributed by atoms with Crippen LogP contribution in [0.2, 0.25) is 0 Å². The van der Waals surface area contributed by atoms with Crippen LogP contribution in [0.4, 0.5) is 0 Å². The second-order valence-corrected chi connectivity index (χ2v) is 9.66. The Morgan fingerprint density at radius 2 is 1.95 bits per heavy atom. The smallest absolute Gasteiger partial charge is 0.147 e. The van der Waals surface area contributed by atoms with E-state index in [1.54, 1.807) is 0 Å². The zero-order chi connectivity index (χ0) is 15.2. The first-order chi connectivity index (χ1) is 9.23. The van der Waals surface area contributed by atoms with Crippen molar-refractivity contribution in [3.8, 4) is 0 Å². The topological polar surface area (TPSA) is 46.2 Å². The van der Waals surface area contributed by atoms with Crippen LogP contribution in [0.5, 0.6) is 0 Å². The lowest BCUT2D eigenvalue weighted by molar-refractivity contribution is 0.109. The highest BCUT2D eigenvalue weighted by molar-refractivity contribution is 7.90. The van der Waals surface area contributed by atoms with Crippen LogP contribution in [0.15, 0.2) is 0 Å². The Bertz CT molecular complexity index is 376. The molecule has 1 rings (SSSR count). The number of nitrogens with one attached hydrogen (secondary N) is 1. The SMILES string of the molecule is CCCNCC1CCC(C)(C)CC1CCCS(C)(=O)=O.